The lowest BCUT2D eigenvalue weighted by atomic mass is 10.2. The van der Waals surface area contributed by atoms with Gasteiger partial charge in [-0.1, -0.05) is 0 Å². The molecule has 0 aliphatic carbocycles. The van der Waals surface area contributed by atoms with Gasteiger partial charge in [-0.3, -0.25) is 0 Å². The molecular weight excluding hydrogens is 510 g/mol. The quantitative estimate of drug-likeness (QED) is 0.214. The predicted octanol–water partition coefficient (Wildman–Crippen LogP) is 3.75. The van der Waals surface area contributed by atoms with Gasteiger partial charge in [-0.2, -0.15) is 13.2 Å². The molecule has 1 rings (SSSR count). The third-order valence-electron chi connectivity index (χ3n) is 2.87. The molecule has 12 heteroatoms. The van der Waals surface area contributed by atoms with Crippen LogP contribution in [0.1, 0.15) is 44.8 Å². The number of hydrogen-bond donors (Lipinski definition) is 3. The number of alkyl halides is 3. The molecule has 0 unspecified atom stereocenters. The van der Waals surface area contributed by atoms with E-state index in [1.54, 1.807) is 20.8 Å². The zero-order valence-electron chi connectivity index (χ0n) is 16.3. The normalized spacial score (nSPS) is 12.2. The van der Waals surface area contributed by atoms with Crippen molar-refractivity contribution in [3.63, 3.8) is 0 Å². The maximum Gasteiger partial charge on any atom is 0.434 e. The van der Waals surface area contributed by atoms with Crippen molar-refractivity contribution < 1.29 is 22.7 Å². The minimum atomic E-state index is -4.44. The molecule has 1 aromatic heterocycles. The van der Waals surface area contributed by atoms with Crippen molar-refractivity contribution in [1.29, 1.82) is 0 Å². The van der Waals surface area contributed by atoms with Crippen LogP contribution < -0.4 is 16.0 Å². The summed E-state index contributed by atoms with van der Waals surface area (Å²) < 4.78 is 42.8. The van der Waals surface area contributed by atoms with E-state index in [-0.39, 0.29) is 35.5 Å². The number of carbonyl (C=O) groups is 1. The Bertz CT molecular complexity index is 633. The maximum atomic E-state index is 12.6. The third-order valence-corrected chi connectivity index (χ3v) is 3.71. The largest absolute Gasteiger partial charge is 0.444 e. The summed E-state index contributed by atoms with van der Waals surface area (Å²) >= 11 is 0.921. The summed E-state index contributed by atoms with van der Waals surface area (Å²) in [5, 5.41) is 9.96. The van der Waals surface area contributed by atoms with Gasteiger partial charge in [0, 0.05) is 25.0 Å². The fourth-order valence-electron chi connectivity index (χ4n) is 1.80. The molecule has 0 bridgehead atoms. The molecule has 7 nitrogen and oxygen atoms in total. The summed E-state index contributed by atoms with van der Waals surface area (Å²) in [6.45, 7) is 8.83. The van der Waals surface area contributed by atoms with E-state index in [4.69, 9.17) is 4.74 Å². The number of hydrogen-bond acceptors (Lipinski definition) is 5. The van der Waals surface area contributed by atoms with E-state index in [9.17, 15) is 18.0 Å². The lowest BCUT2D eigenvalue weighted by Crippen LogP contribution is -2.39. The predicted molar refractivity (Wildman–Crippen MR) is 114 cm³/mol. The molecule has 0 fully saturated rings. The number of amides is 1. The number of halogens is 4. The summed E-state index contributed by atoms with van der Waals surface area (Å²) in [4.78, 5) is 19.3. The minimum Gasteiger partial charge on any atom is -0.444 e. The number of rotatable bonds is 7. The number of alkyl carbamates (subject to hydrolysis) is 1. The van der Waals surface area contributed by atoms with Gasteiger partial charge >= 0.3 is 12.3 Å². The van der Waals surface area contributed by atoms with Crippen molar-refractivity contribution in [1.82, 2.24) is 20.9 Å². The molecule has 1 aromatic rings. The van der Waals surface area contributed by atoms with Gasteiger partial charge < -0.3 is 20.7 Å². The van der Waals surface area contributed by atoms with Crippen LogP contribution in [0.3, 0.4) is 0 Å². The number of aromatic nitrogens is 1. The number of ether oxygens (including phenoxy) is 1. The number of thiazole rings is 1. The van der Waals surface area contributed by atoms with E-state index >= 15 is 0 Å². The second-order valence-electron chi connectivity index (χ2n) is 6.53. The monoisotopic (exact) mass is 537 g/mol. The minimum absolute atomic E-state index is 0. The van der Waals surface area contributed by atoms with Crippen LogP contribution >= 0.6 is 35.3 Å². The standard InChI is InChI=1S/C16H26F3N5O2S.HI/c1-5-20-13(21-7-6-8-22-14(25)26-15(2,3)4)23-9-12-24-11(10-27-12)16(17,18)19;/h10H,5-9H2,1-4H3,(H,22,25)(H2,20,21,23);1H. The molecule has 28 heavy (non-hydrogen) atoms. The molecule has 0 saturated carbocycles. The van der Waals surface area contributed by atoms with Gasteiger partial charge in [0.1, 0.15) is 10.6 Å². The smallest absolute Gasteiger partial charge is 0.434 e. The Morgan fingerprint density at radius 1 is 1.21 bits per heavy atom. The fourth-order valence-corrected chi connectivity index (χ4v) is 2.53. The van der Waals surface area contributed by atoms with Crippen LogP contribution in [0.15, 0.2) is 10.4 Å². The summed E-state index contributed by atoms with van der Waals surface area (Å²) in [5.74, 6) is 0.471. The Balaban J connectivity index is 0.00000729. The van der Waals surface area contributed by atoms with Gasteiger partial charge in [-0.25, -0.2) is 14.8 Å². The second-order valence-corrected chi connectivity index (χ2v) is 7.47. The topological polar surface area (TPSA) is 87.6 Å². The summed E-state index contributed by atoms with van der Waals surface area (Å²) in [6.07, 6.45) is -4.30. The molecule has 1 heterocycles. The Kier molecular flexibility index (Phi) is 11.7. The van der Waals surface area contributed by atoms with Gasteiger partial charge in [0.25, 0.3) is 0 Å². The molecule has 0 aliphatic heterocycles. The van der Waals surface area contributed by atoms with Crippen molar-refractivity contribution in [3.8, 4) is 0 Å². The van der Waals surface area contributed by atoms with E-state index in [1.807, 2.05) is 6.92 Å². The molecule has 0 spiro atoms. The molecule has 3 N–H and O–H groups in total. The number of carbonyl (C=O) groups excluding carboxylic acids is 1. The van der Waals surface area contributed by atoms with E-state index < -0.39 is 23.6 Å². The molecule has 0 radical (unpaired) electrons. The second kappa shape index (κ2) is 12.3. The van der Waals surface area contributed by atoms with Crippen LogP contribution in [-0.2, 0) is 17.5 Å². The Labute approximate surface area is 183 Å². The van der Waals surface area contributed by atoms with Crippen molar-refractivity contribution in [2.75, 3.05) is 19.6 Å². The SMILES string of the molecule is CCNC(=NCc1nc(C(F)(F)F)cs1)NCCCNC(=O)OC(C)(C)C.I. The van der Waals surface area contributed by atoms with E-state index in [0.29, 0.717) is 32.0 Å². The Morgan fingerprint density at radius 2 is 1.86 bits per heavy atom. The van der Waals surface area contributed by atoms with Crippen LogP contribution in [0.5, 0.6) is 0 Å². The lowest BCUT2D eigenvalue weighted by molar-refractivity contribution is -0.140. The molecule has 0 aromatic carbocycles. The van der Waals surface area contributed by atoms with Gasteiger partial charge in [-0.15, -0.1) is 35.3 Å². The first-order valence-corrected chi connectivity index (χ1v) is 9.40. The van der Waals surface area contributed by atoms with Gasteiger partial charge in [-0.05, 0) is 34.1 Å². The number of aliphatic imine (C=N–C) groups is 1. The highest BCUT2D eigenvalue weighted by molar-refractivity contribution is 14.0. The molecule has 0 saturated heterocycles. The number of nitrogens with one attached hydrogen (secondary N) is 3. The van der Waals surface area contributed by atoms with E-state index in [1.165, 1.54) is 0 Å². The van der Waals surface area contributed by atoms with Crippen LogP contribution in [0, 0.1) is 0 Å². The first-order chi connectivity index (χ1) is 12.5. The maximum absolute atomic E-state index is 12.6. The van der Waals surface area contributed by atoms with E-state index in [2.05, 4.69) is 25.9 Å². The number of nitrogens with zero attached hydrogens (tertiary/aromatic N) is 2. The molecule has 0 atom stereocenters. The average molecular weight is 537 g/mol. The van der Waals surface area contributed by atoms with Crippen LogP contribution in [0.4, 0.5) is 18.0 Å². The molecule has 0 aliphatic rings. The first kappa shape index (κ1) is 26.7. The van der Waals surface area contributed by atoms with Crippen LogP contribution in [0.2, 0.25) is 0 Å². The first-order valence-electron chi connectivity index (χ1n) is 8.52. The molecule has 162 valence electrons. The van der Waals surface area contributed by atoms with Crippen molar-refractivity contribution in [2.45, 2.75) is 52.4 Å². The highest BCUT2D eigenvalue weighted by atomic mass is 127. The van der Waals surface area contributed by atoms with Crippen molar-refractivity contribution in [2.24, 2.45) is 4.99 Å². The van der Waals surface area contributed by atoms with Crippen LogP contribution in [-0.4, -0.2) is 42.3 Å². The summed E-state index contributed by atoms with van der Waals surface area (Å²) in [7, 11) is 0. The highest BCUT2D eigenvalue weighted by Crippen LogP contribution is 2.30. The summed E-state index contributed by atoms with van der Waals surface area (Å²) in [6, 6.07) is 0. The van der Waals surface area contributed by atoms with Gasteiger partial charge in [0.2, 0.25) is 0 Å². The molecular formula is C16H27F3IN5O2S. The Hall–Kier alpha value is -1.31. The molecule has 1 amide bonds. The third kappa shape index (κ3) is 11.5. The lowest BCUT2D eigenvalue weighted by Gasteiger charge is -2.19. The number of guanidine groups is 1. The van der Waals surface area contributed by atoms with Gasteiger partial charge in [0.15, 0.2) is 11.7 Å². The summed E-state index contributed by atoms with van der Waals surface area (Å²) in [5.41, 5.74) is -1.45. The zero-order chi connectivity index (χ0) is 20.5. The van der Waals surface area contributed by atoms with Gasteiger partial charge in [0.05, 0.1) is 6.54 Å². The Morgan fingerprint density at radius 3 is 2.39 bits per heavy atom. The van der Waals surface area contributed by atoms with Crippen molar-refractivity contribution in [3.05, 3.63) is 16.1 Å². The van der Waals surface area contributed by atoms with Crippen LogP contribution in [0.25, 0.3) is 0 Å². The highest BCUT2D eigenvalue weighted by Gasteiger charge is 2.33. The van der Waals surface area contributed by atoms with Crippen molar-refractivity contribution >= 4 is 47.4 Å². The zero-order valence-corrected chi connectivity index (χ0v) is 19.4. The average Bonchev–Trinajstić information content (AvgIpc) is 2.99. The van der Waals surface area contributed by atoms with E-state index in [0.717, 1.165) is 16.7 Å². The fraction of sp³-hybridized carbons (Fsp3) is 0.688.